The predicted octanol–water partition coefficient (Wildman–Crippen LogP) is 3.53. The standard InChI is InChI=1S/C10H16.CH2O3/c1-8(2)10-6-4-9(3)5-7-10;2-1(3)4/h4,10H,1,5-7H2,2-3H3;(H2,2,3,4). The molecule has 0 amide bonds. The molecule has 3 heteroatoms. The van der Waals surface area contributed by atoms with Gasteiger partial charge in [0.15, 0.2) is 0 Å². The Hall–Kier alpha value is -1.25. The summed E-state index contributed by atoms with van der Waals surface area (Å²) in [6.45, 7) is 8.33. The van der Waals surface area contributed by atoms with Gasteiger partial charge in [0, 0.05) is 0 Å². The summed E-state index contributed by atoms with van der Waals surface area (Å²) in [5, 5.41) is 13.9. The lowest BCUT2D eigenvalue weighted by atomic mass is 9.86. The molecule has 1 atom stereocenters. The summed E-state index contributed by atoms with van der Waals surface area (Å²) in [7, 11) is 0. The summed E-state index contributed by atoms with van der Waals surface area (Å²) in [6, 6.07) is 0. The molecule has 14 heavy (non-hydrogen) atoms. The summed E-state index contributed by atoms with van der Waals surface area (Å²) < 4.78 is 0. The number of carboxylic acid groups (broad SMARTS) is 2. The Morgan fingerprint density at radius 1 is 1.57 bits per heavy atom. The minimum absolute atomic E-state index is 0.767. The van der Waals surface area contributed by atoms with Gasteiger partial charge in [0.05, 0.1) is 0 Å². The second-order valence-electron chi connectivity index (χ2n) is 3.65. The van der Waals surface area contributed by atoms with Crippen molar-refractivity contribution in [2.45, 2.75) is 33.1 Å². The van der Waals surface area contributed by atoms with Crippen LogP contribution in [0.5, 0.6) is 0 Å². The van der Waals surface area contributed by atoms with Gasteiger partial charge in [-0.15, -0.1) is 0 Å². The molecule has 0 fully saturated rings. The molecule has 0 aromatic heterocycles. The average molecular weight is 198 g/mol. The predicted molar refractivity (Wildman–Crippen MR) is 56.6 cm³/mol. The molecule has 0 bridgehead atoms. The van der Waals surface area contributed by atoms with Crippen LogP contribution in [0.1, 0.15) is 33.1 Å². The van der Waals surface area contributed by atoms with E-state index in [9.17, 15) is 0 Å². The highest BCUT2D eigenvalue weighted by atomic mass is 16.6. The minimum atomic E-state index is -1.83. The molecule has 0 aliphatic heterocycles. The van der Waals surface area contributed by atoms with Crippen LogP contribution in [-0.2, 0) is 0 Å². The second kappa shape index (κ2) is 6.24. The lowest BCUT2D eigenvalue weighted by Gasteiger charge is -2.19. The molecule has 0 radical (unpaired) electrons. The molecular formula is C11H18O3. The Balaban J connectivity index is 0.000000364. The van der Waals surface area contributed by atoms with Crippen molar-refractivity contribution in [2.75, 3.05) is 0 Å². The van der Waals surface area contributed by atoms with Gasteiger partial charge in [-0.2, -0.15) is 0 Å². The smallest absolute Gasteiger partial charge is 0.450 e. The van der Waals surface area contributed by atoms with E-state index < -0.39 is 6.16 Å². The SMILES string of the molecule is C=C(C)C1CC=C(C)CC1.O=C(O)O. The van der Waals surface area contributed by atoms with E-state index in [0.29, 0.717) is 0 Å². The summed E-state index contributed by atoms with van der Waals surface area (Å²) in [5.41, 5.74) is 2.90. The quantitative estimate of drug-likeness (QED) is 0.633. The highest BCUT2D eigenvalue weighted by Gasteiger charge is 2.11. The molecule has 80 valence electrons. The first-order valence-corrected chi connectivity index (χ1v) is 4.66. The van der Waals surface area contributed by atoms with Crippen LogP contribution in [0, 0.1) is 5.92 Å². The number of carbonyl (C=O) groups is 1. The van der Waals surface area contributed by atoms with Crippen LogP contribution in [0.25, 0.3) is 0 Å². The van der Waals surface area contributed by atoms with Gasteiger partial charge in [0.1, 0.15) is 0 Å². The molecule has 0 spiro atoms. The van der Waals surface area contributed by atoms with Crippen LogP contribution in [-0.4, -0.2) is 16.4 Å². The lowest BCUT2D eigenvalue weighted by Crippen LogP contribution is -2.04. The Kier molecular flexibility index (Phi) is 5.68. The third-order valence-corrected chi connectivity index (χ3v) is 2.33. The monoisotopic (exact) mass is 198 g/mol. The number of allylic oxidation sites excluding steroid dienone is 3. The fourth-order valence-corrected chi connectivity index (χ4v) is 1.41. The molecule has 0 heterocycles. The van der Waals surface area contributed by atoms with Gasteiger partial charge in [-0.05, 0) is 39.0 Å². The maximum Gasteiger partial charge on any atom is 0.503 e. The summed E-state index contributed by atoms with van der Waals surface area (Å²) in [4.78, 5) is 8.56. The van der Waals surface area contributed by atoms with Gasteiger partial charge >= 0.3 is 6.16 Å². The molecule has 1 unspecified atom stereocenters. The third kappa shape index (κ3) is 6.29. The molecule has 1 aliphatic rings. The Bertz CT molecular complexity index is 237. The van der Waals surface area contributed by atoms with Gasteiger partial charge in [0.2, 0.25) is 0 Å². The van der Waals surface area contributed by atoms with Gasteiger partial charge in [-0.1, -0.05) is 23.8 Å². The highest BCUT2D eigenvalue weighted by molar-refractivity contribution is 5.53. The molecule has 1 aliphatic carbocycles. The average Bonchev–Trinajstić information content (AvgIpc) is 2.03. The molecule has 0 saturated carbocycles. The molecule has 0 aromatic carbocycles. The Morgan fingerprint density at radius 3 is 2.36 bits per heavy atom. The first kappa shape index (κ1) is 12.8. The zero-order valence-electron chi connectivity index (χ0n) is 8.79. The molecule has 1 rings (SSSR count). The van der Waals surface area contributed by atoms with Crippen molar-refractivity contribution >= 4 is 6.16 Å². The van der Waals surface area contributed by atoms with Crippen molar-refractivity contribution < 1.29 is 15.0 Å². The normalized spacial score (nSPS) is 20.1. The van der Waals surface area contributed by atoms with E-state index in [-0.39, 0.29) is 0 Å². The van der Waals surface area contributed by atoms with Crippen LogP contribution in [0.2, 0.25) is 0 Å². The summed E-state index contributed by atoms with van der Waals surface area (Å²) in [5.74, 6) is 0.767. The van der Waals surface area contributed by atoms with Crippen molar-refractivity contribution in [3.8, 4) is 0 Å². The van der Waals surface area contributed by atoms with Gasteiger partial charge < -0.3 is 10.2 Å². The second-order valence-corrected chi connectivity index (χ2v) is 3.65. The zero-order valence-corrected chi connectivity index (χ0v) is 8.79. The summed E-state index contributed by atoms with van der Waals surface area (Å²) >= 11 is 0. The summed E-state index contributed by atoms with van der Waals surface area (Å²) in [6.07, 6.45) is 4.33. The van der Waals surface area contributed by atoms with Crippen molar-refractivity contribution in [1.82, 2.24) is 0 Å². The van der Waals surface area contributed by atoms with E-state index in [0.717, 1.165) is 5.92 Å². The molecule has 3 nitrogen and oxygen atoms in total. The first-order chi connectivity index (χ1) is 6.43. The fraction of sp³-hybridized carbons (Fsp3) is 0.545. The topological polar surface area (TPSA) is 57.5 Å². The van der Waals surface area contributed by atoms with Gasteiger partial charge in [0.25, 0.3) is 0 Å². The zero-order chi connectivity index (χ0) is 11.1. The van der Waals surface area contributed by atoms with E-state index in [2.05, 4.69) is 26.5 Å². The Morgan fingerprint density at radius 2 is 2.07 bits per heavy atom. The molecular weight excluding hydrogens is 180 g/mol. The first-order valence-electron chi connectivity index (χ1n) is 4.66. The fourth-order valence-electron chi connectivity index (χ4n) is 1.41. The maximum atomic E-state index is 8.56. The van der Waals surface area contributed by atoms with E-state index >= 15 is 0 Å². The van der Waals surface area contributed by atoms with Crippen LogP contribution in [0.4, 0.5) is 4.79 Å². The molecule has 2 N–H and O–H groups in total. The van der Waals surface area contributed by atoms with Crippen molar-refractivity contribution in [3.63, 3.8) is 0 Å². The van der Waals surface area contributed by atoms with Crippen molar-refractivity contribution in [2.24, 2.45) is 5.92 Å². The molecule has 0 saturated heterocycles. The maximum absolute atomic E-state index is 8.56. The third-order valence-electron chi connectivity index (χ3n) is 2.33. The van der Waals surface area contributed by atoms with E-state index in [4.69, 9.17) is 15.0 Å². The number of hydrogen-bond acceptors (Lipinski definition) is 1. The van der Waals surface area contributed by atoms with Gasteiger partial charge in [-0.25, -0.2) is 4.79 Å². The van der Waals surface area contributed by atoms with Crippen LogP contribution >= 0.6 is 0 Å². The van der Waals surface area contributed by atoms with Crippen LogP contribution < -0.4 is 0 Å². The Labute approximate surface area is 84.8 Å². The molecule has 0 aromatic rings. The van der Waals surface area contributed by atoms with E-state index in [1.54, 1.807) is 5.57 Å². The van der Waals surface area contributed by atoms with Crippen LogP contribution in [0.15, 0.2) is 23.8 Å². The van der Waals surface area contributed by atoms with E-state index in [1.165, 1.54) is 24.8 Å². The van der Waals surface area contributed by atoms with Crippen LogP contribution in [0.3, 0.4) is 0 Å². The lowest BCUT2D eigenvalue weighted by molar-refractivity contribution is 0.137. The highest BCUT2D eigenvalue weighted by Crippen LogP contribution is 2.27. The number of hydrogen-bond donors (Lipinski definition) is 2. The van der Waals surface area contributed by atoms with E-state index in [1.807, 2.05) is 0 Å². The number of rotatable bonds is 1. The minimum Gasteiger partial charge on any atom is -0.450 e. The van der Waals surface area contributed by atoms with Gasteiger partial charge in [-0.3, -0.25) is 0 Å². The van der Waals surface area contributed by atoms with Crippen molar-refractivity contribution in [1.29, 1.82) is 0 Å². The van der Waals surface area contributed by atoms with Crippen molar-refractivity contribution in [3.05, 3.63) is 23.8 Å². The largest absolute Gasteiger partial charge is 0.503 e.